The van der Waals surface area contributed by atoms with E-state index in [2.05, 4.69) is 9.71 Å². The lowest BCUT2D eigenvalue weighted by Crippen LogP contribution is -2.23. The summed E-state index contributed by atoms with van der Waals surface area (Å²) in [5, 5.41) is 0.909. The Labute approximate surface area is 141 Å². The molecule has 0 unspecified atom stereocenters. The number of H-pyrrole nitrogens is 1. The summed E-state index contributed by atoms with van der Waals surface area (Å²) in [5.41, 5.74) is 4.86. The number of fused-ring (bicyclic) bond motifs is 1. The van der Waals surface area contributed by atoms with Gasteiger partial charge < -0.3 is 10.7 Å². The molecule has 0 amide bonds. The molecule has 0 radical (unpaired) electrons. The van der Waals surface area contributed by atoms with Crippen LogP contribution in [0, 0.1) is 5.82 Å². The lowest BCUT2D eigenvalue weighted by Gasteiger charge is -2.09. The Morgan fingerprint density at radius 1 is 1.12 bits per heavy atom. The van der Waals surface area contributed by atoms with Gasteiger partial charge in [-0.05, 0) is 41.8 Å². The Balaban J connectivity index is 2.07. The van der Waals surface area contributed by atoms with Crippen LogP contribution in [0.5, 0.6) is 0 Å². The van der Waals surface area contributed by atoms with Crippen molar-refractivity contribution in [2.75, 3.05) is 10.5 Å². The van der Waals surface area contributed by atoms with Crippen molar-refractivity contribution in [3.05, 3.63) is 63.7 Å². The molecule has 0 saturated heterocycles. The Morgan fingerprint density at radius 3 is 2.58 bits per heavy atom. The van der Waals surface area contributed by atoms with Crippen LogP contribution in [-0.2, 0) is 10.0 Å². The highest BCUT2D eigenvalue weighted by Crippen LogP contribution is 2.21. The van der Waals surface area contributed by atoms with Crippen molar-refractivity contribution in [2.24, 2.45) is 0 Å². The van der Waals surface area contributed by atoms with E-state index < -0.39 is 26.3 Å². The number of rotatable bonds is 3. The summed E-state index contributed by atoms with van der Waals surface area (Å²) < 4.78 is 40.2. The largest absolute Gasteiger partial charge is 0.396 e. The fraction of sp³-hybridized carbons (Fsp3) is 0. The normalized spacial score (nSPS) is 11.6. The number of hydrogen-bond donors (Lipinski definition) is 3. The number of benzene rings is 2. The molecule has 0 spiro atoms. The molecule has 1 heterocycles. The number of anilines is 2. The van der Waals surface area contributed by atoms with E-state index in [1.807, 2.05) is 0 Å². The van der Waals surface area contributed by atoms with Crippen LogP contribution in [0.1, 0.15) is 0 Å². The average molecular weight is 368 g/mol. The van der Waals surface area contributed by atoms with Gasteiger partial charge in [0.2, 0.25) is 0 Å². The minimum absolute atomic E-state index is 0.0458. The molecule has 0 fully saturated rings. The molecular formula is C15H11ClFN3O3S. The van der Waals surface area contributed by atoms with Gasteiger partial charge in [0.25, 0.3) is 15.6 Å². The summed E-state index contributed by atoms with van der Waals surface area (Å²) in [6.45, 7) is 0. The van der Waals surface area contributed by atoms with Gasteiger partial charge in [0.15, 0.2) is 4.90 Å². The standard InChI is InChI=1S/C15H11ClFN3O3S/c16-9-2-1-8-5-14(15(21)19-13(8)6-9)24(22,23)20-10-3-4-11(17)12(18)7-10/h1-7,20H,18H2,(H,19,21). The first-order valence-corrected chi connectivity index (χ1v) is 8.53. The second-order valence-electron chi connectivity index (χ2n) is 5.04. The van der Waals surface area contributed by atoms with Crippen molar-refractivity contribution in [1.29, 1.82) is 0 Å². The zero-order valence-electron chi connectivity index (χ0n) is 12.0. The molecule has 0 bridgehead atoms. The number of sulfonamides is 1. The monoisotopic (exact) mass is 367 g/mol. The number of aromatic amines is 1. The first-order valence-electron chi connectivity index (χ1n) is 6.67. The van der Waals surface area contributed by atoms with Gasteiger partial charge in [-0.15, -0.1) is 0 Å². The van der Waals surface area contributed by atoms with E-state index in [0.717, 1.165) is 12.1 Å². The van der Waals surface area contributed by atoms with Gasteiger partial charge in [-0.2, -0.15) is 0 Å². The molecule has 3 rings (SSSR count). The maximum atomic E-state index is 13.2. The van der Waals surface area contributed by atoms with E-state index in [1.54, 1.807) is 12.1 Å². The molecule has 0 aliphatic heterocycles. The van der Waals surface area contributed by atoms with E-state index in [9.17, 15) is 17.6 Å². The first kappa shape index (κ1) is 16.3. The van der Waals surface area contributed by atoms with E-state index in [4.69, 9.17) is 17.3 Å². The van der Waals surface area contributed by atoms with Gasteiger partial charge in [-0.3, -0.25) is 9.52 Å². The Hall–Kier alpha value is -2.58. The molecule has 0 saturated carbocycles. The first-order chi connectivity index (χ1) is 11.3. The molecule has 0 aliphatic carbocycles. The van der Waals surface area contributed by atoms with Gasteiger partial charge in [0.05, 0.1) is 11.4 Å². The van der Waals surface area contributed by atoms with Crippen molar-refractivity contribution in [1.82, 2.24) is 4.98 Å². The fourth-order valence-corrected chi connectivity index (χ4v) is 3.47. The summed E-state index contributed by atoms with van der Waals surface area (Å²) in [5.74, 6) is -0.668. The van der Waals surface area contributed by atoms with Crippen LogP contribution in [0.15, 0.2) is 52.2 Å². The molecule has 0 atom stereocenters. The second-order valence-corrected chi connectivity index (χ2v) is 7.12. The van der Waals surface area contributed by atoms with Crippen molar-refractivity contribution in [3.8, 4) is 0 Å². The molecule has 6 nitrogen and oxygen atoms in total. The molecule has 0 aliphatic rings. The SMILES string of the molecule is Nc1cc(NS(=O)(=O)c2cc3ccc(Cl)cc3[nH]c2=O)ccc1F. The molecular weight excluding hydrogens is 357 g/mol. The van der Waals surface area contributed by atoms with Crippen molar-refractivity contribution < 1.29 is 12.8 Å². The zero-order valence-corrected chi connectivity index (χ0v) is 13.6. The summed E-state index contributed by atoms with van der Waals surface area (Å²) in [6, 6.07) is 9.28. The van der Waals surface area contributed by atoms with Gasteiger partial charge in [0.1, 0.15) is 5.82 Å². The minimum atomic E-state index is -4.18. The Kier molecular flexibility index (Phi) is 3.94. The maximum absolute atomic E-state index is 13.2. The molecule has 124 valence electrons. The quantitative estimate of drug-likeness (QED) is 0.619. The van der Waals surface area contributed by atoms with E-state index in [-0.39, 0.29) is 11.4 Å². The van der Waals surface area contributed by atoms with Gasteiger partial charge >= 0.3 is 0 Å². The number of hydrogen-bond acceptors (Lipinski definition) is 4. The van der Waals surface area contributed by atoms with E-state index >= 15 is 0 Å². The van der Waals surface area contributed by atoms with Crippen LogP contribution in [0.25, 0.3) is 10.9 Å². The molecule has 2 aromatic carbocycles. The Bertz CT molecular complexity index is 1110. The van der Waals surface area contributed by atoms with Crippen molar-refractivity contribution in [2.45, 2.75) is 4.90 Å². The van der Waals surface area contributed by atoms with Crippen LogP contribution in [-0.4, -0.2) is 13.4 Å². The lowest BCUT2D eigenvalue weighted by molar-refractivity contribution is 0.600. The lowest BCUT2D eigenvalue weighted by atomic mass is 10.2. The topological polar surface area (TPSA) is 105 Å². The van der Waals surface area contributed by atoms with E-state index in [1.165, 1.54) is 18.2 Å². The van der Waals surface area contributed by atoms with Gasteiger partial charge in [-0.1, -0.05) is 17.7 Å². The van der Waals surface area contributed by atoms with Gasteiger partial charge in [0, 0.05) is 10.5 Å². The number of pyridine rings is 1. The molecule has 1 aromatic heterocycles. The number of nitrogen functional groups attached to an aromatic ring is 1. The van der Waals surface area contributed by atoms with E-state index in [0.29, 0.717) is 15.9 Å². The summed E-state index contributed by atoms with van der Waals surface area (Å²) in [4.78, 5) is 14.1. The molecule has 3 aromatic rings. The Morgan fingerprint density at radius 2 is 1.88 bits per heavy atom. The summed E-state index contributed by atoms with van der Waals surface area (Å²) in [7, 11) is -4.18. The maximum Gasteiger partial charge on any atom is 0.269 e. The molecule has 9 heteroatoms. The highest BCUT2D eigenvalue weighted by Gasteiger charge is 2.20. The predicted octanol–water partition coefficient (Wildman–Crippen LogP) is 2.70. The minimum Gasteiger partial charge on any atom is -0.396 e. The van der Waals surface area contributed by atoms with Crippen LogP contribution in [0.3, 0.4) is 0 Å². The number of nitrogens with two attached hydrogens (primary N) is 1. The zero-order chi connectivity index (χ0) is 17.5. The summed E-state index contributed by atoms with van der Waals surface area (Å²) in [6.07, 6.45) is 0. The highest BCUT2D eigenvalue weighted by atomic mass is 35.5. The predicted molar refractivity (Wildman–Crippen MR) is 91.2 cm³/mol. The molecule has 4 N–H and O–H groups in total. The third-order valence-corrected chi connectivity index (χ3v) is 4.93. The fourth-order valence-electron chi connectivity index (χ4n) is 2.17. The van der Waals surface area contributed by atoms with Crippen LogP contribution < -0.4 is 16.0 Å². The number of halogens is 2. The number of nitrogens with one attached hydrogen (secondary N) is 2. The van der Waals surface area contributed by atoms with Crippen LogP contribution in [0.4, 0.5) is 15.8 Å². The van der Waals surface area contributed by atoms with Crippen molar-refractivity contribution in [3.63, 3.8) is 0 Å². The third kappa shape index (κ3) is 3.06. The highest BCUT2D eigenvalue weighted by molar-refractivity contribution is 7.92. The van der Waals surface area contributed by atoms with Crippen LogP contribution in [0.2, 0.25) is 5.02 Å². The summed E-state index contributed by atoms with van der Waals surface area (Å²) >= 11 is 5.84. The second kappa shape index (κ2) is 5.81. The molecule has 24 heavy (non-hydrogen) atoms. The smallest absolute Gasteiger partial charge is 0.269 e. The average Bonchev–Trinajstić information content (AvgIpc) is 2.49. The number of aromatic nitrogens is 1. The van der Waals surface area contributed by atoms with Crippen molar-refractivity contribution >= 4 is 43.9 Å². The van der Waals surface area contributed by atoms with Crippen LogP contribution >= 0.6 is 11.6 Å². The third-order valence-electron chi connectivity index (χ3n) is 3.31. The van der Waals surface area contributed by atoms with Gasteiger partial charge in [-0.25, -0.2) is 12.8 Å².